The molecule has 0 aliphatic heterocycles. The minimum absolute atomic E-state index is 0.522. The van der Waals surface area contributed by atoms with Gasteiger partial charge in [0.25, 0.3) is 0 Å². The zero-order valence-electron chi connectivity index (χ0n) is 10.5. The fraction of sp³-hybridized carbons (Fsp3) is 0.467. The molecule has 86 valence electrons. The second-order valence-electron chi connectivity index (χ2n) is 4.88. The van der Waals surface area contributed by atoms with E-state index in [1.807, 2.05) is 0 Å². The topological polar surface area (TPSA) is 12.0 Å². The third-order valence-corrected chi connectivity index (χ3v) is 3.26. The highest BCUT2D eigenvalue weighted by Gasteiger charge is 2.10. The minimum atomic E-state index is 0.522. The van der Waals surface area contributed by atoms with Crippen molar-refractivity contribution in [2.24, 2.45) is 0 Å². The number of hydrogen-bond donors (Lipinski definition) is 1. The summed E-state index contributed by atoms with van der Waals surface area (Å²) in [7, 11) is 0. The van der Waals surface area contributed by atoms with E-state index in [4.69, 9.17) is 0 Å². The summed E-state index contributed by atoms with van der Waals surface area (Å²) in [4.78, 5) is 0. The summed E-state index contributed by atoms with van der Waals surface area (Å²) in [6, 6.07) is 5.03. The van der Waals surface area contributed by atoms with Crippen molar-refractivity contribution < 1.29 is 0 Å². The van der Waals surface area contributed by atoms with Gasteiger partial charge in [-0.25, -0.2) is 0 Å². The van der Waals surface area contributed by atoms with E-state index in [1.54, 1.807) is 0 Å². The highest BCUT2D eigenvalue weighted by atomic mass is 14.9. The Bertz CT molecular complexity index is 381. The normalized spacial score (nSPS) is 19.8. The van der Waals surface area contributed by atoms with Crippen LogP contribution in [0.1, 0.15) is 36.0 Å². The molecular formula is C15H21N. The lowest BCUT2D eigenvalue weighted by Crippen LogP contribution is -2.19. The second-order valence-corrected chi connectivity index (χ2v) is 4.88. The van der Waals surface area contributed by atoms with Crippen LogP contribution in [0.15, 0.2) is 24.3 Å². The van der Waals surface area contributed by atoms with E-state index in [0.29, 0.717) is 6.04 Å². The molecule has 1 aromatic rings. The maximum atomic E-state index is 3.66. The number of nitrogens with one attached hydrogen (secondary N) is 1. The monoisotopic (exact) mass is 215 g/mol. The Morgan fingerprint density at radius 1 is 1.12 bits per heavy atom. The zero-order chi connectivity index (χ0) is 11.5. The smallest absolute Gasteiger partial charge is 0.0444 e. The molecule has 1 unspecified atom stereocenters. The Morgan fingerprint density at radius 2 is 1.81 bits per heavy atom. The van der Waals surface area contributed by atoms with E-state index < -0.39 is 0 Å². The molecule has 0 radical (unpaired) electrons. The van der Waals surface area contributed by atoms with E-state index in [0.717, 1.165) is 0 Å². The number of hydrogen-bond acceptors (Lipinski definition) is 1. The van der Waals surface area contributed by atoms with Crippen molar-refractivity contribution in [3.8, 4) is 0 Å². The molecule has 1 aliphatic rings. The molecule has 0 saturated carbocycles. The lowest BCUT2D eigenvalue weighted by atomic mass is 10.00. The quantitative estimate of drug-likeness (QED) is 0.731. The molecule has 1 aromatic carbocycles. The molecule has 0 saturated heterocycles. The molecule has 0 amide bonds. The predicted molar refractivity (Wildman–Crippen MR) is 71.1 cm³/mol. The van der Waals surface area contributed by atoms with E-state index in [2.05, 4.69) is 50.4 Å². The van der Waals surface area contributed by atoms with Gasteiger partial charge in [-0.15, -0.1) is 0 Å². The lowest BCUT2D eigenvalue weighted by Gasteiger charge is -2.22. The van der Waals surface area contributed by atoms with Crippen LogP contribution in [-0.4, -0.2) is 6.04 Å². The Morgan fingerprint density at radius 3 is 2.38 bits per heavy atom. The molecule has 1 heteroatoms. The van der Waals surface area contributed by atoms with Crippen LogP contribution in [0.4, 0.5) is 5.69 Å². The van der Waals surface area contributed by atoms with Gasteiger partial charge in [0, 0.05) is 11.7 Å². The SMILES string of the molecule is Cc1cc(C)c(NC2C=CCCC2)c(C)c1. The Balaban J connectivity index is 2.20. The van der Waals surface area contributed by atoms with E-state index in [1.165, 1.54) is 41.6 Å². The zero-order valence-corrected chi connectivity index (χ0v) is 10.5. The standard InChI is InChI=1S/C15H21N/c1-11-9-12(2)15(13(3)10-11)16-14-7-5-4-6-8-14/h5,7,9-10,14,16H,4,6,8H2,1-3H3. The van der Waals surface area contributed by atoms with Gasteiger partial charge in [0.2, 0.25) is 0 Å². The predicted octanol–water partition coefficient (Wildman–Crippen LogP) is 4.13. The molecule has 0 fully saturated rings. The van der Waals surface area contributed by atoms with E-state index in [-0.39, 0.29) is 0 Å². The molecule has 16 heavy (non-hydrogen) atoms. The Labute approximate surface area is 98.6 Å². The summed E-state index contributed by atoms with van der Waals surface area (Å²) in [6.07, 6.45) is 8.40. The summed E-state index contributed by atoms with van der Waals surface area (Å²) in [5.41, 5.74) is 5.38. The largest absolute Gasteiger partial charge is 0.378 e. The summed E-state index contributed by atoms with van der Waals surface area (Å²) < 4.78 is 0. The van der Waals surface area contributed by atoms with Crippen LogP contribution >= 0.6 is 0 Å². The van der Waals surface area contributed by atoms with Gasteiger partial charge < -0.3 is 5.32 Å². The van der Waals surface area contributed by atoms with Crippen LogP contribution in [0.3, 0.4) is 0 Å². The van der Waals surface area contributed by atoms with Crippen LogP contribution in [0.5, 0.6) is 0 Å². The van der Waals surface area contributed by atoms with Gasteiger partial charge in [-0.3, -0.25) is 0 Å². The van der Waals surface area contributed by atoms with Crippen LogP contribution in [0.25, 0.3) is 0 Å². The van der Waals surface area contributed by atoms with Crippen molar-refractivity contribution in [3.05, 3.63) is 41.0 Å². The minimum Gasteiger partial charge on any atom is -0.378 e. The van der Waals surface area contributed by atoms with Gasteiger partial charge in [-0.05, 0) is 51.2 Å². The fourth-order valence-corrected chi connectivity index (χ4v) is 2.53. The van der Waals surface area contributed by atoms with Crippen LogP contribution < -0.4 is 5.32 Å². The van der Waals surface area contributed by atoms with Crippen LogP contribution in [-0.2, 0) is 0 Å². The van der Waals surface area contributed by atoms with Crippen molar-refractivity contribution in [2.75, 3.05) is 5.32 Å². The second kappa shape index (κ2) is 4.73. The van der Waals surface area contributed by atoms with Gasteiger partial charge in [0.1, 0.15) is 0 Å². The third-order valence-electron chi connectivity index (χ3n) is 3.26. The summed E-state index contributed by atoms with van der Waals surface area (Å²) >= 11 is 0. The molecular weight excluding hydrogens is 194 g/mol. The highest BCUT2D eigenvalue weighted by molar-refractivity contribution is 5.59. The average Bonchev–Trinajstić information content (AvgIpc) is 2.25. The van der Waals surface area contributed by atoms with Gasteiger partial charge >= 0.3 is 0 Å². The molecule has 0 heterocycles. The van der Waals surface area contributed by atoms with Gasteiger partial charge in [-0.1, -0.05) is 29.8 Å². The first kappa shape index (κ1) is 11.3. The van der Waals surface area contributed by atoms with Crippen molar-refractivity contribution in [1.29, 1.82) is 0 Å². The van der Waals surface area contributed by atoms with Crippen molar-refractivity contribution in [3.63, 3.8) is 0 Å². The first-order valence-corrected chi connectivity index (χ1v) is 6.18. The molecule has 1 atom stereocenters. The third kappa shape index (κ3) is 2.46. The van der Waals surface area contributed by atoms with Gasteiger partial charge in [-0.2, -0.15) is 0 Å². The van der Waals surface area contributed by atoms with Gasteiger partial charge in [0.15, 0.2) is 0 Å². The molecule has 1 N–H and O–H groups in total. The first-order chi connectivity index (χ1) is 7.66. The van der Waals surface area contributed by atoms with Crippen LogP contribution in [0, 0.1) is 20.8 Å². The maximum Gasteiger partial charge on any atom is 0.0444 e. The lowest BCUT2D eigenvalue weighted by molar-refractivity contribution is 0.673. The van der Waals surface area contributed by atoms with Crippen molar-refractivity contribution >= 4 is 5.69 Å². The van der Waals surface area contributed by atoms with Gasteiger partial charge in [0.05, 0.1) is 0 Å². The number of rotatable bonds is 2. The summed E-state index contributed by atoms with van der Waals surface area (Å²) in [5.74, 6) is 0. The number of allylic oxidation sites excluding steroid dienone is 1. The van der Waals surface area contributed by atoms with Crippen molar-refractivity contribution in [1.82, 2.24) is 0 Å². The number of aryl methyl sites for hydroxylation is 3. The number of anilines is 1. The Kier molecular flexibility index (Phi) is 3.33. The van der Waals surface area contributed by atoms with Crippen molar-refractivity contribution in [2.45, 2.75) is 46.1 Å². The summed E-state index contributed by atoms with van der Waals surface area (Å²) in [6.45, 7) is 6.54. The first-order valence-electron chi connectivity index (χ1n) is 6.18. The molecule has 0 bridgehead atoms. The number of benzene rings is 1. The molecule has 1 aliphatic carbocycles. The highest BCUT2D eigenvalue weighted by Crippen LogP contribution is 2.24. The average molecular weight is 215 g/mol. The maximum absolute atomic E-state index is 3.66. The molecule has 0 aromatic heterocycles. The van der Waals surface area contributed by atoms with E-state index in [9.17, 15) is 0 Å². The van der Waals surface area contributed by atoms with E-state index >= 15 is 0 Å². The summed E-state index contributed by atoms with van der Waals surface area (Å²) in [5, 5.41) is 3.66. The van der Waals surface area contributed by atoms with Crippen LogP contribution in [0.2, 0.25) is 0 Å². The molecule has 1 nitrogen and oxygen atoms in total. The molecule has 0 spiro atoms. The Hall–Kier alpha value is -1.24. The molecule has 2 rings (SSSR count). The fourth-order valence-electron chi connectivity index (χ4n) is 2.53.